The van der Waals surface area contributed by atoms with E-state index in [0.717, 1.165) is 12.1 Å². The number of hydrogen-bond donors (Lipinski definition) is 2. The molecule has 0 saturated heterocycles. The lowest BCUT2D eigenvalue weighted by Gasteiger charge is -2.25. The molecule has 21 heavy (non-hydrogen) atoms. The fourth-order valence-electron chi connectivity index (χ4n) is 1.91. The van der Waals surface area contributed by atoms with E-state index in [1.165, 1.54) is 0 Å². The summed E-state index contributed by atoms with van der Waals surface area (Å²) >= 11 is 0. The average molecular weight is 288 g/mol. The van der Waals surface area contributed by atoms with Crippen LogP contribution in [-0.2, 0) is 0 Å². The van der Waals surface area contributed by atoms with Gasteiger partial charge in [0.05, 0.1) is 0 Å². The SMILES string of the molecule is CC(C)C(CN(C)C)NC(=O)c1ccc(C#CCO)cc1. The van der Waals surface area contributed by atoms with Gasteiger partial charge in [0.15, 0.2) is 0 Å². The number of nitrogens with zero attached hydrogens (tertiary/aromatic N) is 1. The summed E-state index contributed by atoms with van der Waals surface area (Å²) in [6.45, 7) is 4.84. The zero-order valence-electron chi connectivity index (χ0n) is 13.2. The Morgan fingerprint density at radius 2 is 1.90 bits per heavy atom. The molecule has 1 amide bonds. The first-order valence-electron chi connectivity index (χ1n) is 7.09. The second-order valence-electron chi connectivity index (χ2n) is 5.62. The van der Waals surface area contributed by atoms with E-state index in [4.69, 9.17) is 5.11 Å². The van der Waals surface area contributed by atoms with E-state index in [9.17, 15) is 4.79 Å². The summed E-state index contributed by atoms with van der Waals surface area (Å²) in [6.07, 6.45) is 0. The third-order valence-corrected chi connectivity index (χ3v) is 3.14. The number of aliphatic hydroxyl groups excluding tert-OH is 1. The molecule has 0 aliphatic heterocycles. The summed E-state index contributed by atoms with van der Waals surface area (Å²) in [6, 6.07) is 7.19. The van der Waals surface area contributed by atoms with Crippen molar-refractivity contribution in [1.29, 1.82) is 0 Å². The zero-order valence-corrected chi connectivity index (χ0v) is 13.2. The summed E-state index contributed by atoms with van der Waals surface area (Å²) in [7, 11) is 3.99. The Hall–Kier alpha value is -1.83. The molecule has 0 saturated carbocycles. The predicted molar refractivity (Wildman–Crippen MR) is 85.1 cm³/mol. The van der Waals surface area contributed by atoms with E-state index in [0.29, 0.717) is 11.5 Å². The van der Waals surface area contributed by atoms with Gasteiger partial charge in [0.25, 0.3) is 5.91 Å². The molecule has 0 spiro atoms. The van der Waals surface area contributed by atoms with E-state index in [1.54, 1.807) is 24.3 Å². The van der Waals surface area contributed by atoms with Crippen molar-refractivity contribution in [3.63, 3.8) is 0 Å². The standard InChI is InChI=1S/C17H24N2O2/c1-13(2)16(12-19(3)4)18-17(21)15-9-7-14(8-10-15)6-5-11-20/h7-10,13,16,20H,11-12H2,1-4H3,(H,18,21). The normalized spacial score (nSPS) is 12.0. The number of rotatable bonds is 5. The summed E-state index contributed by atoms with van der Waals surface area (Å²) in [5.41, 5.74) is 1.41. The van der Waals surface area contributed by atoms with Crippen molar-refractivity contribution in [3.05, 3.63) is 35.4 Å². The second-order valence-corrected chi connectivity index (χ2v) is 5.62. The fraction of sp³-hybridized carbons (Fsp3) is 0.471. The first kappa shape index (κ1) is 17.2. The van der Waals surface area contributed by atoms with Crippen molar-refractivity contribution >= 4 is 5.91 Å². The van der Waals surface area contributed by atoms with Crippen LogP contribution in [0.25, 0.3) is 0 Å². The van der Waals surface area contributed by atoms with Gasteiger partial charge < -0.3 is 15.3 Å². The van der Waals surface area contributed by atoms with Gasteiger partial charge in [-0.15, -0.1) is 0 Å². The Balaban J connectivity index is 2.73. The highest BCUT2D eigenvalue weighted by Crippen LogP contribution is 2.07. The highest BCUT2D eigenvalue weighted by molar-refractivity contribution is 5.94. The van der Waals surface area contributed by atoms with Crippen molar-refractivity contribution in [2.24, 2.45) is 5.92 Å². The van der Waals surface area contributed by atoms with Crippen molar-refractivity contribution < 1.29 is 9.90 Å². The first-order chi connectivity index (χ1) is 9.93. The summed E-state index contributed by atoms with van der Waals surface area (Å²) < 4.78 is 0. The number of carbonyl (C=O) groups is 1. The largest absolute Gasteiger partial charge is 0.384 e. The van der Waals surface area contributed by atoms with Crippen molar-refractivity contribution in [2.45, 2.75) is 19.9 Å². The topological polar surface area (TPSA) is 52.6 Å². The quantitative estimate of drug-likeness (QED) is 0.804. The number of amides is 1. The number of carbonyl (C=O) groups excluding carboxylic acids is 1. The molecule has 0 bridgehead atoms. The molecule has 1 aromatic carbocycles. The first-order valence-corrected chi connectivity index (χ1v) is 7.09. The lowest BCUT2D eigenvalue weighted by molar-refractivity contribution is 0.0916. The number of likely N-dealkylation sites (N-methyl/N-ethyl adjacent to an activating group) is 1. The lowest BCUT2D eigenvalue weighted by atomic mass is 10.0. The number of aliphatic hydroxyl groups is 1. The van der Waals surface area contributed by atoms with Crippen LogP contribution in [0.15, 0.2) is 24.3 Å². The van der Waals surface area contributed by atoms with Crippen LogP contribution in [0.4, 0.5) is 0 Å². The highest BCUT2D eigenvalue weighted by atomic mass is 16.2. The number of hydrogen-bond acceptors (Lipinski definition) is 3. The maximum absolute atomic E-state index is 12.3. The molecule has 0 aliphatic carbocycles. The maximum Gasteiger partial charge on any atom is 0.251 e. The molecule has 4 nitrogen and oxygen atoms in total. The molecule has 1 aromatic rings. The van der Waals surface area contributed by atoms with E-state index < -0.39 is 0 Å². The molecule has 114 valence electrons. The molecular weight excluding hydrogens is 264 g/mol. The molecule has 0 aromatic heterocycles. The predicted octanol–water partition coefficient (Wildman–Crippen LogP) is 1.35. The third kappa shape index (κ3) is 5.99. The monoisotopic (exact) mass is 288 g/mol. The number of benzene rings is 1. The van der Waals surface area contributed by atoms with Crippen LogP contribution in [0.2, 0.25) is 0 Å². The van der Waals surface area contributed by atoms with Crippen molar-refractivity contribution in [1.82, 2.24) is 10.2 Å². The number of nitrogens with one attached hydrogen (secondary N) is 1. The van der Waals surface area contributed by atoms with Crippen LogP contribution in [-0.4, -0.2) is 49.2 Å². The van der Waals surface area contributed by atoms with Crippen LogP contribution in [0.3, 0.4) is 0 Å². The van der Waals surface area contributed by atoms with Crippen LogP contribution >= 0.6 is 0 Å². The fourth-order valence-corrected chi connectivity index (χ4v) is 1.91. The Morgan fingerprint density at radius 3 is 2.38 bits per heavy atom. The zero-order chi connectivity index (χ0) is 15.8. The molecular formula is C17H24N2O2. The van der Waals surface area contributed by atoms with E-state index in [2.05, 4.69) is 35.9 Å². The van der Waals surface area contributed by atoms with Crippen molar-refractivity contribution in [2.75, 3.05) is 27.2 Å². The van der Waals surface area contributed by atoms with E-state index in [-0.39, 0.29) is 18.6 Å². The van der Waals surface area contributed by atoms with Gasteiger partial charge in [-0.2, -0.15) is 0 Å². The second kappa shape index (κ2) is 8.46. The molecule has 2 N–H and O–H groups in total. The van der Waals surface area contributed by atoms with Gasteiger partial charge in [-0.05, 0) is 44.3 Å². The molecule has 0 fully saturated rings. The summed E-state index contributed by atoms with van der Waals surface area (Å²) in [4.78, 5) is 14.3. The molecule has 1 rings (SSSR count). The van der Waals surface area contributed by atoms with Gasteiger partial charge in [0, 0.05) is 23.7 Å². The minimum absolute atomic E-state index is 0.0720. The van der Waals surface area contributed by atoms with Crippen LogP contribution in [0, 0.1) is 17.8 Å². The smallest absolute Gasteiger partial charge is 0.251 e. The van der Waals surface area contributed by atoms with Gasteiger partial charge in [0.2, 0.25) is 0 Å². The molecule has 1 atom stereocenters. The molecule has 4 heteroatoms. The molecule has 1 unspecified atom stereocenters. The molecule has 0 radical (unpaired) electrons. The minimum Gasteiger partial charge on any atom is -0.384 e. The Kier molecular flexibility index (Phi) is 6.93. The molecule has 0 heterocycles. The minimum atomic E-state index is -0.164. The molecule has 0 aliphatic rings. The highest BCUT2D eigenvalue weighted by Gasteiger charge is 2.17. The van der Waals surface area contributed by atoms with E-state index in [1.807, 2.05) is 14.1 Å². The van der Waals surface area contributed by atoms with Crippen LogP contribution in [0.5, 0.6) is 0 Å². The van der Waals surface area contributed by atoms with Gasteiger partial charge >= 0.3 is 0 Å². The average Bonchev–Trinajstić information content (AvgIpc) is 2.44. The van der Waals surface area contributed by atoms with Crippen molar-refractivity contribution in [3.8, 4) is 11.8 Å². The summed E-state index contributed by atoms with van der Waals surface area (Å²) in [5.74, 6) is 5.68. The Labute approximate surface area is 127 Å². The van der Waals surface area contributed by atoms with Gasteiger partial charge in [-0.3, -0.25) is 4.79 Å². The maximum atomic E-state index is 12.3. The van der Waals surface area contributed by atoms with Gasteiger partial charge in [-0.1, -0.05) is 25.7 Å². The van der Waals surface area contributed by atoms with E-state index >= 15 is 0 Å². The Morgan fingerprint density at radius 1 is 1.29 bits per heavy atom. The van der Waals surface area contributed by atoms with Gasteiger partial charge in [0.1, 0.15) is 6.61 Å². The van der Waals surface area contributed by atoms with Crippen LogP contribution in [0.1, 0.15) is 29.8 Å². The lowest BCUT2D eigenvalue weighted by Crippen LogP contribution is -2.45. The summed E-state index contributed by atoms with van der Waals surface area (Å²) in [5, 5.41) is 11.7. The van der Waals surface area contributed by atoms with Gasteiger partial charge in [-0.25, -0.2) is 0 Å². The van der Waals surface area contributed by atoms with Crippen LogP contribution < -0.4 is 5.32 Å². The third-order valence-electron chi connectivity index (χ3n) is 3.14. The Bertz CT molecular complexity index is 510.